The van der Waals surface area contributed by atoms with Gasteiger partial charge < -0.3 is 14.8 Å². The molecule has 0 spiro atoms. The highest BCUT2D eigenvalue weighted by Gasteiger charge is 2.38. The predicted octanol–water partition coefficient (Wildman–Crippen LogP) is 2.43. The maximum Gasteiger partial charge on any atom is 0.310 e. The number of morpholine rings is 1. The van der Waals surface area contributed by atoms with Crippen molar-refractivity contribution in [3.63, 3.8) is 0 Å². The Balaban J connectivity index is 1.58. The van der Waals surface area contributed by atoms with E-state index in [9.17, 15) is 14.9 Å². The zero-order chi connectivity index (χ0) is 20.0. The normalized spacial score (nSPS) is 19.8. The number of nitrogens with zero attached hydrogens (tertiary/aromatic N) is 2. The first kappa shape index (κ1) is 20.5. The van der Waals surface area contributed by atoms with Crippen molar-refractivity contribution in [2.24, 2.45) is 0 Å². The fourth-order valence-corrected chi connectivity index (χ4v) is 4.20. The molecule has 1 aliphatic heterocycles. The molecule has 8 nitrogen and oxygen atoms in total. The molecule has 0 aromatic heterocycles. The predicted molar refractivity (Wildman–Crippen MR) is 105 cm³/mol. The van der Waals surface area contributed by atoms with Gasteiger partial charge in [0.2, 0.25) is 0 Å². The highest BCUT2D eigenvalue weighted by atomic mass is 16.6. The van der Waals surface area contributed by atoms with Crippen LogP contribution in [0.5, 0.6) is 5.75 Å². The lowest BCUT2D eigenvalue weighted by atomic mass is 9.79. The average Bonchev–Trinajstić information content (AvgIpc) is 2.72. The van der Waals surface area contributed by atoms with Gasteiger partial charge in [-0.15, -0.1) is 0 Å². The Kier molecular flexibility index (Phi) is 6.85. The summed E-state index contributed by atoms with van der Waals surface area (Å²) in [5.74, 6) is -0.130. The molecule has 0 bridgehead atoms. The van der Waals surface area contributed by atoms with Crippen molar-refractivity contribution in [1.29, 1.82) is 0 Å². The highest BCUT2D eigenvalue weighted by molar-refractivity contribution is 5.77. The quantitative estimate of drug-likeness (QED) is 0.567. The van der Waals surface area contributed by atoms with Crippen molar-refractivity contribution in [2.75, 3.05) is 39.5 Å². The van der Waals surface area contributed by atoms with Crippen LogP contribution in [0.1, 0.15) is 37.7 Å². The van der Waals surface area contributed by atoms with Gasteiger partial charge in [0.15, 0.2) is 12.4 Å². The molecule has 1 N–H and O–H groups in total. The van der Waals surface area contributed by atoms with Crippen LogP contribution < -0.4 is 10.1 Å². The molecule has 2 fully saturated rings. The molecule has 0 atom stereocenters. The molecule has 1 saturated carbocycles. The minimum atomic E-state index is -0.498. The molecule has 2 aliphatic rings. The van der Waals surface area contributed by atoms with Crippen molar-refractivity contribution in [2.45, 2.75) is 44.6 Å². The molecular weight excluding hydrogens is 362 g/mol. The van der Waals surface area contributed by atoms with Crippen LogP contribution in [0.3, 0.4) is 0 Å². The summed E-state index contributed by atoms with van der Waals surface area (Å²) in [4.78, 5) is 25.5. The minimum Gasteiger partial charge on any atom is -0.477 e. The molecule has 1 amide bonds. The highest BCUT2D eigenvalue weighted by Crippen LogP contribution is 2.34. The molecule has 1 heterocycles. The second-order valence-electron chi connectivity index (χ2n) is 7.68. The first-order valence-corrected chi connectivity index (χ1v) is 9.97. The molecule has 1 saturated heterocycles. The van der Waals surface area contributed by atoms with Crippen LogP contribution in [-0.2, 0) is 9.53 Å². The van der Waals surface area contributed by atoms with E-state index in [1.165, 1.54) is 25.3 Å². The minimum absolute atomic E-state index is 0.0208. The van der Waals surface area contributed by atoms with Crippen LogP contribution in [-0.4, -0.2) is 60.7 Å². The summed E-state index contributed by atoms with van der Waals surface area (Å²) < 4.78 is 11.0. The Morgan fingerprint density at radius 1 is 1.29 bits per heavy atom. The van der Waals surface area contributed by atoms with E-state index in [0.717, 1.165) is 44.7 Å². The van der Waals surface area contributed by atoms with Gasteiger partial charge in [0, 0.05) is 31.2 Å². The van der Waals surface area contributed by atoms with Crippen molar-refractivity contribution in [3.8, 4) is 5.75 Å². The molecule has 0 unspecified atom stereocenters. The first-order chi connectivity index (χ1) is 13.5. The largest absolute Gasteiger partial charge is 0.477 e. The van der Waals surface area contributed by atoms with Crippen molar-refractivity contribution >= 4 is 11.6 Å². The molecule has 28 heavy (non-hydrogen) atoms. The van der Waals surface area contributed by atoms with E-state index in [4.69, 9.17) is 9.47 Å². The Hall–Kier alpha value is -2.19. The summed E-state index contributed by atoms with van der Waals surface area (Å²) in [5, 5.41) is 14.1. The van der Waals surface area contributed by atoms with E-state index in [-0.39, 0.29) is 29.5 Å². The molecule has 3 rings (SSSR count). The smallest absolute Gasteiger partial charge is 0.310 e. The third-order valence-corrected chi connectivity index (χ3v) is 5.75. The van der Waals surface area contributed by atoms with Crippen LogP contribution in [0.4, 0.5) is 5.69 Å². The maximum absolute atomic E-state index is 12.4. The molecule has 1 aromatic carbocycles. The maximum atomic E-state index is 12.4. The topological polar surface area (TPSA) is 93.9 Å². The number of carbonyl (C=O) groups excluding carboxylic acids is 1. The Morgan fingerprint density at radius 3 is 2.68 bits per heavy atom. The van der Waals surface area contributed by atoms with Gasteiger partial charge in [0.05, 0.1) is 18.1 Å². The molecule has 1 aliphatic carbocycles. The van der Waals surface area contributed by atoms with Crippen molar-refractivity contribution < 1.29 is 19.2 Å². The Labute approximate surface area is 165 Å². The van der Waals surface area contributed by atoms with Gasteiger partial charge >= 0.3 is 5.69 Å². The second kappa shape index (κ2) is 9.34. The van der Waals surface area contributed by atoms with Gasteiger partial charge in [-0.2, -0.15) is 0 Å². The summed E-state index contributed by atoms with van der Waals surface area (Å²) in [7, 11) is 0. The number of carbonyl (C=O) groups is 1. The molecule has 8 heteroatoms. The van der Waals surface area contributed by atoms with Crippen molar-refractivity contribution in [1.82, 2.24) is 10.2 Å². The molecule has 154 valence electrons. The average molecular weight is 391 g/mol. The third kappa shape index (κ3) is 4.99. The summed E-state index contributed by atoms with van der Waals surface area (Å²) >= 11 is 0. The van der Waals surface area contributed by atoms with Gasteiger partial charge in [-0.05, 0) is 31.4 Å². The van der Waals surface area contributed by atoms with Gasteiger partial charge in [-0.3, -0.25) is 19.8 Å². The first-order valence-electron chi connectivity index (χ1n) is 9.97. The monoisotopic (exact) mass is 391 g/mol. The Bertz CT molecular complexity index is 697. The van der Waals surface area contributed by atoms with Crippen LogP contribution in [0.2, 0.25) is 0 Å². The lowest BCUT2D eigenvalue weighted by Crippen LogP contribution is -2.60. The van der Waals surface area contributed by atoms with Gasteiger partial charge in [0.1, 0.15) is 0 Å². The number of ether oxygens (including phenoxy) is 2. The van der Waals surface area contributed by atoms with E-state index >= 15 is 0 Å². The number of nitro benzene ring substituents is 1. The fourth-order valence-electron chi connectivity index (χ4n) is 4.20. The van der Waals surface area contributed by atoms with Crippen LogP contribution in [0.15, 0.2) is 18.2 Å². The van der Waals surface area contributed by atoms with E-state index in [1.54, 1.807) is 12.1 Å². The zero-order valence-corrected chi connectivity index (χ0v) is 16.4. The van der Waals surface area contributed by atoms with E-state index in [0.29, 0.717) is 6.54 Å². The number of benzene rings is 1. The molecule has 0 radical (unpaired) electrons. The third-order valence-electron chi connectivity index (χ3n) is 5.75. The number of amides is 1. The Morgan fingerprint density at radius 2 is 2.00 bits per heavy atom. The van der Waals surface area contributed by atoms with Gasteiger partial charge in [-0.1, -0.05) is 25.3 Å². The van der Waals surface area contributed by atoms with Crippen molar-refractivity contribution in [3.05, 3.63) is 33.9 Å². The lowest BCUT2D eigenvalue weighted by molar-refractivity contribution is -0.385. The fraction of sp³-hybridized carbons (Fsp3) is 0.650. The van der Waals surface area contributed by atoms with Gasteiger partial charge in [-0.25, -0.2) is 0 Å². The number of aryl methyl sites for hydroxylation is 1. The van der Waals surface area contributed by atoms with Crippen LogP contribution in [0.25, 0.3) is 0 Å². The molecular formula is C20H29N3O5. The zero-order valence-electron chi connectivity index (χ0n) is 16.4. The number of hydrogen-bond acceptors (Lipinski definition) is 6. The second-order valence-corrected chi connectivity index (χ2v) is 7.68. The summed E-state index contributed by atoms with van der Waals surface area (Å²) in [6.07, 6.45) is 5.70. The SMILES string of the molecule is Cc1ccc([N+](=O)[O-])c(OCC(=O)NCC2(N3CCOCC3)CCCCC2)c1. The van der Waals surface area contributed by atoms with E-state index in [2.05, 4.69) is 10.2 Å². The molecule has 1 aromatic rings. The number of rotatable bonds is 7. The number of hydrogen-bond donors (Lipinski definition) is 1. The van der Waals surface area contributed by atoms with Crippen LogP contribution in [0, 0.1) is 17.0 Å². The summed E-state index contributed by atoms with van der Waals surface area (Å²) in [6, 6.07) is 4.64. The number of nitro groups is 1. The summed E-state index contributed by atoms with van der Waals surface area (Å²) in [5.41, 5.74) is 0.692. The summed E-state index contributed by atoms with van der Waals surface area (Å²) in [6.45, 7) is 5.41. The van der Waals surface area contributed by atoms with Gasteiger partial charge in [0.25, 0.3) is 5.91 Å². The number of nitrogens with one attached hydrogen (secondary N) is 1. The van der Waals surface area contributed by atoms with Crippen LogP contribution >= 0.6 is 0 Å². The van der Waals surface area contributed by atoms with E-state index < -0.39 is 4.92 Å². The lowest BCUT2D eigenvalue weighted by Gasteiger charge is -2.48. The standard InChI is InChI=1S/C20H29N3O5/c1-16-5-6-17(23(25)26)18(13-16)28-14-19(24)21-15-20(7-3-2-4-8-20)22-9-11-27-12-10-22/h5-6,13H,2-4,7-12,14-15H2,1H3,(H,21,24). The van der Waals surface area contributed by atoms with E-state index in [1.807, 2.05) is 6.92 Å².